The van der Waals surface area contributed by atoms with Gasteiger partial charge in [-0.25, -0.2) is 8.78 Å². The molecule has 2 saturated carbocycles. The molecule has 0 saturated heterocycles. The lowest BCUT2D eigenvalue weighted by Crippen LogP contribution is -2.52. The van der Waals surface area contributed by atoms with Crippen molar-refractivity contribution in [3.8, 4) is 11.8 Å². The first kappa shape index (κ1) is 24.3. The van der Waals surface area contributed by atoms with Crippen molar-refractivity contribution in [1.29, 1.82) is 0 Å². The van der Waals surface area contributed by atoms with E-state index in [1.54, 1.807) is 32.0 Å². The molecule has 0 spiro atoms. The normalized spacial score (nSPS) is 36.0. The molecule has 0 unspecified atom stereocenters. The summed E-state index contributed by atoms with van der Waals surface area (Å²) in [6, 6.07) is 2.82. The summed E-state index contributed by atoms with van der Waals surface area (Å²) in [7, 11) is 3.53. The number of carbonyl (C=O) groups excluding carboxylic acids is 1. The number of anilines is 1. The van der Waals surface area contributed by atoms with Gasteiger partial charge >= 0.3 is 0 Å². The summed E-state index contributed by atoms with van der Waals surface area (Å²) in [6.45, 7) is 5.88. The van der Waals surface area contributed by atoms with Gasteiger partial charge in [0.15, 0.2) is 5.78 Å². The van der Waals surface area contributed by atoms with Crippen LogP contribution in [0.15, 0.2) is 34.9 Å². The minimum Gasteiger partial charge on any atom is -0.377 e. The first-order chi connectivity index (χ1) is 16.5. The lowest BCUT2D eigenvalue weighted by Gasteiger charge is -2.54. The molecule has 1 N–H and O–H groups in total. The maximum Gasteiger partial charge on any atom is 0.156 e. The van der Waals surface area contributed by atoms with Gasteiger partial charge < -0.3 is 10.0 Å². The molecule has 0 heterocycles. The fourth-order valence-corrected chi connectivity index (χ4v) is 7.87. The van der Waals surface area contributed by atoms with Crippen molar-refractivity contribution in [2.45, 2.75) is 70.8 Å². The van der Waals surface area contributed by atoms with E-state index < -0.39 is 28.6 Å². The molecule has 35 heavy (non-hydrogen) atoms. The molecular weight excluding hydrogens is 444 g/mol. The van der Waals surface area contributed by atoms with Crippen LogP contribution < -0.4 is 4.90 Å². The van der Waals surface area contributed by atoms with Crippen molar-refractivity contribution < 1.29 is 18.7 Å². The number of rotatable bonds is 2. The Morgan fingerprint density at radius 1 is 1.14 bits per heavy atom. The third-order valence-electron chi connectivity index (χ3n) is 9.56. The molecular formula is C30H35F2NO2. The molecule has 2 fully saturated rings. The van der Waals surface area contributed by atoms with Crippen LogP contribution in [-0.4, -0.2) is 30.6 Å². The molecule has 4 aliphatic rings. The molecule has 0 aromatic heterocycles. The highest BCUT2D eigenvalue weighted by Gasteiger charge is 2.65. The van der Waals surface area contributed by atoms with E-state index >= 15 is 8.78 Å². The summed E-state index contributed by atoms with van der Waals surface area (Å²) >= 11 is 0. The lowest BCUT2D eigenvalue weighted by atomic mass is 9.51. The number of hydrogen-bond donors (Lipinski definition) is 1. The summed E-state index contributed by atoms with van der Waals surface area (Å²) in [5.41, 5.74) is 2.04. The highest BCUT2D eigenvalue weighted by atomic mass is 19.1. The summed E-state index contributed by atoms with van der Waals surface area (Å²) in [4.78, 5) is 13.9. The third kappa shape index (κ3) is 3.44. The Kier molecular flexibility index (Phi) is 5.75. The molecule has 0 aliphatic heterocycles. The molecule has 5 heteroatoms. The van der Waals surface area contributed by atoms with E-state index in [9.17, 15) is 9.90 Å². The number of fused-ring (bicyclic) bond motifs is 4. The van der Waals surface area contributed by atoms with Crippen molar-refractivity contribution in [1.82, 2.24) is 0 Å². The topological polar surface area (TPSA) is 40.5 Å². The quantitative estimate of drug-likeness (QED) is 0.535. The Bertz CT molecular complexity index is 1200. The third-order valence-corrected chi connectivity index (χ3v) is 9.56. The van der Waals surface area contributed by atoms with E-state index in [0.29, 0.717) is 24.9 Å². The van der Waals surface area contributed by atoms with Crippen molar-refractivity contribution >= 4 is 11.5 Å². The van der Waals surface area contributed by atoms with E-state index in [2.05, 4.69) is 25.7 Å². The van der Waals surface area contributed by atoms with Gasteiger partial charge in [0, 0.05) is 43.1 Å². The van der Waals surface area contributed by atoms with Crippen LogP contribution in [0.1, 0.15) is 70.8 Å². The highest BCUT2D eigenvalue weighted by Crippen LogP contribution is 2.68. The second-order valence-corrected chi connectivity index (χ2v) is 11.5. The van der Waals surface area contributed by atoms with Gasteiger partial charge in [0.05, 0.1) is 0 Å². The second kappa shape index (κ2) is 8.30. The summed E-state index contributed by atoms with van der Waals surface area (Å²) in [6.07, 6.45) is 5.71. The van der Waals surface area contributed by atoms with Crippen molar-refractivity contribution in [3.05, 3.63) is 52.1 Å². The molecule has 0 bridgehead atoms. The van der Waals surface area contributed by atoms with E-state index in [0.717, 1.165) is 36.0 Å². The first-order valence-electron chi connectivity index (χ1n) is 12.8. The maximum absolute atomic E-state index is 15.7. The fourth-order valence-electron chi connectivity index (χ4n) is 7.87. The molecule has 4 aliphatic carbocycles. The minimum atomic E-state index is -1.21. The van der Waals surface area contributed by atoms with Gasteiger partial charge in [-0.1, -0.05) is 25.3 Å². The van der Waals surface area contributed by atoms with Gasteiger partial charge in [0.25, 0.3) is 0 Å². The summed E-state index contributed by atoms with van der Waals surface area (Å²) in [5.74, 6) is 4.86. The Morgan fingerprint density at radius 3 is 2.46 bits per heavy atom. The largest absolute Gasteiger partial charge is 0.377 e. The van der Waals surface area contributed by atoms with Crippen LogP contribution in [0.4, 0.5) is 14.5 Å². The van der Waals surface area contributed by atoms with Crippen LogP contribution in [0.3, 0.4) is 0 Å². The van der Waals surface area contributed by atoms with Gasteiger partial charge in [-0.3, -0.25) is 4.79 Å². The second-order valence-electron chi connectivity index (χ2n) is 11.5. The Morgan fingerprint density at radius 2 is 1.83 bits per heavy atom. The monoisotopic (exact) mass is 479 g/mol. The zero-order valence-electron chi connectivity index (χ0n) is 21.3. The van der Waals surface area contributed by atoms with Crippen LogP contribution >= 0.6 is 0 Å². The minimum absolute atomic E-state index is 0.0365. The number of allylic oxidation sites excluding steroid dienone is 4. The van der Waals surface area contributed by atoms with E-state index in [-0.39, 0.29) is 29.1 Å². The van der Waals surface area contributed by atoms with Crippen LogP contribution in [-0.2, 0) is 4.79 Å². The average molecular weight is 480 g/mol. The van der Waals surface area contributed by atoms with Gasteiger partial charge in [-0.15, -0.1) is 5.92 Å². The molecule has 186 valence electrons. The Labute approximate surface area is 207 Å². The van der Waals surface area contributed by atoms with Crippen LogP contribution in [0.5, 0.6) is 0 Å². The Balaban J connectivity index is 1.75. The maximum atomic E-state index is 15.7. The van der Waals surface area contributed by atoms with Crippen LogP contribution in [0.25, 0.3) is 0 Å². The molecule has 1 aromatic rings. The summed E-state index contributed by atoms with van der Waals surface area (Å²) in [5, 5.41) is 12.0. The van der Waals surface area contributed by atoms with E-state index in [4.69, 9.17) is 0 Å². The van der Waals surface area contributed by atoms with Crippen molar-refractivity contribution in [2.24, 2.45) is 23.2 Å². The first-order valence-corrected chi connectivity index (χ1v) is 12.8. The predicted octanol–water partition coefficient (Wildman–Crippen LogP) is 5.93. The van der Waals surface area contributed by atoms with Gasteiger partial charge in [0.2, 0.25) is 0 Å². The number of ketones is 1. The molecule has 5 rings (SSSR count). The standard InChI is InChI=1S/C30H35F2NO2/c1-6-11-30(35)17(2)12-24-22-9-7-18-13-20(34)8-10-21(18)27(22)23(16-29(24,30)3)28-25(31)14-19(33(4)5)15-26(28)32/h13-15,17,22-24,35H,7-10,12,16H2,1-5H3/t17-,22+,23+,24+,29+,30+/m1/s1. The number of benzene rings is 1. The molecule has 6 atom stereocenters. The average Bonchev–Trinajstić information content (AvgIpc) is 2.98. The number of hydrogen-bond acceptors (Lipinski definition) is 3. The van der Waals surface area contributed by atoms with Gasteiger partial charge in [-0.2, -0.15) is 0 Å². The SMILES string of the molecule is CC#C[C@]1(O)[C@H](C)C[C@H]2[C@@H]3CCC4=CC(=O)CCC4=C3[C@@H](c3c(F)cc(N(C)C)cc3F)C[C@@]21C. The highest BCUT2D eigenvalue weighted by molar-refractivity contribution is 5.93. The Hall–Kier alpha value is -2.45. The van der Waals surface area contributed by atoms with Crippen molar-refractivity contribution in [3.63, 3.8) is 0 Å². The lowest BCUT2D eigenvalue weighted by molar-refractivity contribution is -0.114. The van der Waals surface area contributed by atoms with Crippen molar-refractivity contribution in [2.75, 3.05) is 19.0 Å². The van der Waals surface area contributed by atoms with Crippen LogP contribution in [0.2, 0.25) is 0 Å². The van der Waals surface area contributed by atoms with Gasteiger partial charge in [0.1, 0.15) is 17.2 Å². The molecule has 1 aromatic carbocycles. The number of aliphatic hydroxyl groups is 1. The van der Waals surface area contributed by atoms with Crippen LogP contribution in [0, 0.1) is 46.6 Å². The molecule has 0 amide bonds. The fraction of sp³-hybridized carbons (Fsp3) is 0.567. The number of halogens is 2. The number of nitrogens with zero attached hydrogens (tertiary/aromatic N) is 1. The zero-order valence-corrected chi connectivity index (χ0v) is 21.3. The van der Waals surface area contributed by atoms with E-state index in [1.165, 1.54) is 12.1 Å². The van der Waals surface area contributed by atoms with Gasteiger partial charge in [-0.05, 0) is 86.1 Å². The number of carbonyl (C=O) groups is 1. The summed E-state index contributed by atoms with van der Waals surface area (Å²) < 4.78 is 31.5. The smallest absolute Gasteiger partial charge is 0.156 e. The molecule has 0 radical (unpaired) electrons. The molecule has 3 nitrogen and oxygen atoms in total. The van der Waals surface area contributed by atoms with E-state index in [1.807, 2.05) is 0 Å². The zero-order chi connectivity index (χ0) is 25.3. The predicted molar refractivity (Wildman–Crippen MR) is 134 cm³/mol.